The molecule has 0 unspecified atom stereocenters. The fourth-order valence-electron chi connectivity index (χ4n) is 1.01. The molecular formula is C14H20O4. The van der Waals surface area contributed by atoms with Gasteiger partial charge in [0.15, 0.2) is 0 Å². The number of aliphatic carboxylic acids is 1. The van der Waals surface area contributed by atoms with Crippen LogP contribution in [0, 0.1) is 5.92 Å². The first-order chi connectivity index (χ1) is 8.25. The first-order valence-corrected chi connectivity index (χ1v) is 5.81. The lowest BCUT2D eigenvalue weighted by Gasteiger charge is -2.04. The molecule has 0 saturated carbocycles. The van der Waals surface area contributed by atoms with Gasteiger partial charge in [-0.3, -0.25) is 4.79 Å². The van der Waals surface area contributed by atoms with Crippen LogP contribution in [0.15, 0.2) is 24.3 Å². The van der Waals surface area contributed by atoms with Crippen molar-refractivity contribution in [1.29, 1.82) is 0 Å². The Morgan fingerprint density at radius 2 is 1.33 bits per heavy atom. The van der Waals surface area contributed by atoms with E-state index in [0.29, 0.717) is 11.5 Å². The third kappa shape index (κ3) is 6.03. The summed E-state index contributed by atoms with van der Waals surface area (Å²) in [7, 11) is 0. The molecule has 0 radical (unpaired) electrons. The van der Waals surface area contributed by atoms with Crippen molar-refractivity contribution in [3.63, 3.8) is 0 Å². The Labute approximate surface area is 107 Å². The molecule has 0 atom stereocenters. The zero-order valence-corrected chi connectivity index (χ0v) is 11.2. The summed E-state index contributed by atoms with van der Waals surface area (Å²) < 4.78 is 0. The van der Waals surface area contributed by atoms with E-state index in [-0.39, 0.29) is 5.92 Å². The van der Waals surface area contributed by atoms with Gasteiger partial charge in [-0.1, -0.05) is 39.8 Å². The zero-order valence-electron chi connectivity index (χ0n) is 11.2. The van der Waals surface area contributed by atoms with Gasteiger partial charge in [-0.05, 0) is 23.6 Å². The summed E-state index contributed by atoms with van der Waals surface area (Å²) in [6.07, 6.45) is 0. The van der Waals surface area contributed by atoms with Crippen molar-refractivity contribution >= 4 is 11.9 Å². The molecule has 0 saturated heterocycles. The van der Waals surface area contributed by atoms with Gasteiger partial charge in [-0.2, -0.15) is 0 Å². The summed E-state index contributed by atoms with van der Waals surface area (Å²) in [4.78, 5) is 20.2. The minimum atomic E-state index is -0.870. The minimum absolute atomic E-state index is 0.231. The lowest BCUT2D eigenvalue weighted by molar-refractivity contribution is -0.140. The predicted octanol–water partition coefficient (Wildman–Crippen LogP) is 3.24. The summed E-state index contributed by atoms with van der Waals surface area (Å²) in [5.41, 5.74) is 1.51. The SMILES string of the molecule is CC(C)C(=O)O.CC(C)c1ccc(C(=O)O)cc1. The van der Waals surface area contributed by atoms with Crippen molar-refractivity contribution in [3.8, 4) is 0 Å². The van der Waals surface area contributed by atoms with Gasteiger partial charge in [0.25, 0.3) is 0 Å². The number of hydrogen-bond donors (Lipinski definition) is 2. The summed E-state index contributed by atoms with van der Waals surface area (Å²) in [6, 6.07) is 6.98. The number of carboxylic acid groups (broad SMARTS) is 2. The Morgan fingerprint density at radius 1 is 0.944 bits per heavy atom. The number of carboxylic acids is 2. The summed E-state index contributed by atoms with van der Waals surface area (Å²) in [5.74, 6) is -1.39. The molecule has 0 fully saturated rings. The Balaban J connectivity index is 0.000000411. The van der Waals surface area contributed by atoms with Crippen LogP contribution in [0.25, 0.3) is 0 Å². The number of rotatable bonds is 3. The molecule has 100 valence electrons. The molecule has 1 aromatic rings. The quantitative estimate of drug-likeness (QED) is 0.866. The molecule has 2 N–H and O–H groups in total. The number of carbonyl (C=O) groups is 2. The Kier molecular flexibility index (Phi) is 6.71. The molecule has 18 heavy (non-hydrogen) atoms. The van der Waals surface area contributed by atoms with Crippen LogP contribution in [-0.2, 0) is 4.79 Å². The van der Waals surface area contributed by atoms with Gasteiger partial charge in [-0.15, -0.1) is 0 Å². The third-order valence-electron chi connectivity index (χ3n) is 2.32. The second kappa shape index (κ2) is 7.48. The molecule has 4 heteroatoms. The monoisotopic (exact) mass is 252 g/mol. The standard InChI is InChI=1S/C10H12O2.C4H8O2/c1-7(2)8-3-5-9(6-4-8)10(11)12;1-3(2)4(5)6/h3-7H,1-2H3,(H,11,12);3H,1-2H3,(H,5,6). The molecule has 0 amide bonds. The van der Waals surface area contributed by atoms with E-state index in [4.69, 9.17) is 10.2 Å². The van der Waals surface area contributed by atoms with Crippen molar-refractivity contribution in [3.05, 3.63) is 35.4 Å². The average Bonchev–Trinajstić information content (AvgIpc) is 2.29. The molecule has 0 aliphatic carbocycles. The summed E-state index contributed by atoms with van der Waals surface area (Å²) in [6.45, 7) is 7.44. The predicted molar refractivity (Wildman–Crippen MR) is 70.0 cm³/mol. The molecular weight excluding hydrogens is 232 g/mol. The molecule has 0 spiro atoms. The van der Waals surface area contributed by atoms with Gasteiger partial charge in [0.2, 0.25) is 0 Å². The van der Waals surface area contributed by atoms with Crippen LogP contribution >= 0.6 is 0 Å². The fraction of sp³-hybridized carbons (Fsp3) is 0.429. The van der Waals surface area contributed by atoms with Crippen LogP contribution in [0.5, 0.6) is 0 Å². The highest BCUT2D eigenvalue weighted by Gasteiger charge is 2.02. The molecule has 0 aromatic heterocycles. The Morgan fingerprint density at radius 3 is 1.56 bits per heavy atom. The van der Waals surface area contributed by atoms with E-state index in [0.717, 1.165) is 0 Å². The number of aromatic carboxylic acids is 1. The second-order valence-electron chi connectivity index (χ2n) is 4.57. The first-order valence-electron chi connectivity index (χ1n) is 5.81. The highest BCUT2D eigenvalue weighted by atomic mass is 16.4. The molecule has 0 aliphatic heterocycles. The maximum absolute atomic E-state index is 10.5. The lowest BCUT2D eigenvalue weighted by Crippen LogP contribution is -2.03. The van der Waals surface area contributed by atoms with Gasteiger partial charge < -0.3 is 10.2 Å². The topological polar surface area (TPSA) is 74.6 Å². The smallest absolute Gasteiger partial charge is 0.335 e. The molecule has 1 aromatic carbocycles. The molecule has 0 aliphatic rings. The van der Waals surface area contributed by atoms with Crippen LogP contribution in [0.3, 0.4) is 0 Å². The summed E-state index contributed by atoms with van der Waals surface area (Å²) in [5, 5.41) is 16.6. The van der Waals surface area contributed by atoms with Crippen LogP contribution in [0.4, 0.5) is 0 Å². The van der Waals surface area contributed by atoms with Crippen LogP contribution in [0.2, 0.25) is 0 Å². The fourth-order valence-corrected chi connectivity index (χ4v) is 1.01. The van der Waals surface area contributed by atoms with E-state index in [1.165, 1.54) is 5.56 Å². The number of benzene rings is 1. The van der Waals surface area contributed by atoms with Crippen LogP contribution in [-0.4, -0.2) is 22.2 Å². The van der Waals surface area contributed by atoms with Crippen molar-refractivity contribution in [1.82, 2.24) is 0 Å². The maximum atomic E-state index is 10.5. The van der Waals surface area contributed by atoms with E-state index in [1.54, 1.807) is 26.0 Å². The van der Waals surface area contributed by atoms with E-state index in [9.17, 15) is 9.59 Å². The van der Waals surface area contributed by atoms with Crippen LogP contribution < -0.4 is 0 Å². The van der Waals surface area contributed by atoms with E-state index >= 15 is 0 Å². The van der Waals surface area contributed by atoms with Crippen LogP contribution in [0.1, 0.15) is 49.5 Å². The van der Waals surface area contributed by atoms with Gasteiger partial charge >= 0.3 is 11.9 Å². The molecule has 1 rings (SSSR count). The Bertz CT molecular complexity index is 391. The first kappa shape index (κ1) is 16.2. The maximum Gasteiger partial charge on any atom is 0.335 e. The molecule has 4 nitrogen and oxygen atoms in total. The molecule has 0 bridgehead atoms. The van der Waals surface area contributed by atoms with Gasteiger partial charge in [-0.25, -0.2) is 4.79 Å². The normalized spacial score (nSPS) is 9.89. The zero-order chi connectivity index (χ0) is 14.3. The van der Waals surface area contributed by atoms with E-state index < -0.39 is 11.9 Å². The minimum Gasteiger partial charge on any atom is -0.481 e. The third-order valence-corrected chi connectivity index (χ3v) is 2.32. The van der Waals surface area contributed by atoms with Crippen molar-refractivity contribution in [2.45, 2.75) is 33.6 Å². The van der Waals surface area contributed by atoms with Gasteiger partial charge in [0, 0.05) is 0 Å². The van der Waals surface area contributed by atoms with Crippen molar-refractivity contribution in [2.75, 3.05) is 0 Å². The van der Waals surface area contributed by atoms with E-state index in [1.807, 2.05) is 12.1 Å². The van der Waals surface area contributed by atoms with Crippen molar-refractivity contribution in [2.24, 2.45) is 5.92 Å². The average molecular weight is 252 g/mol. The van der Waals surface area contributed by atoms with Gasteiger partial charge in [0.1, 0.15) is 0 Å². The van der Waals surface area contributed by atoms with E-state index in [2.05, 4.69) is 13.8 Å². The van der Waals surface area contributed by atoms with Crippen molar-refractivity contribution < 1.29 is 19.8 Å². The largest absolute Gasteiger partial charge is 0.481 e. The second-order valence-corrected chi connectivity index (χ2v) is 4.57. The molecule has 0 heterocycles. The Hall–Kier alpha value is -1.84. The highest BCUT2D eigenvalue weighted by molar-refractivity contribution is 5.87. The van der Waals surface area contributed by atoms with Gasteiger partial charge in [0.05, 0.1) is 11.5 Å². The highest BCUT2D eigenvalue weighted by Crippen LogP contribution is 2.14. The summed E-state index contributed by atoms with van der Waals surface area (Å²) >= 11 is 0. The lowest BCUT2D eigenvalue weighted by atomic mass is 10.0. The number of hydrogen-bond acceptors (Lipinski definition) is 2.